The van der Waals surface area contributed by atoms with Gasteiger partial charge in [-0.15, -0.1) is 0 Å². The summed E-state index contributed by atoms with van der Waals surface area (Å²) in [4.78, 5) is 38.9. The highest BCUT2D eigenvalue weighted by atomic mass is 32.2. The summed E-state index contributed by atoms with van der Waals surface area (Å²) in [5, 5.41) is 14.0. The van der Waals surface area contributed by atoms with Crippen LogP contribution in [0.1, 0.15) is 26.2 Å². The number of carbonyl (C=O) groups excluding carboxylic acids is 2. The smallest absolute Gasteiger partial charge is 0.326 e. The first-order valence-corrected chi connectivity index (χ1v) is 9.21. The minimum Gasteiger partial charge on any atom is -0.480 e. The van der Waals surface area contributed by atoms with E-state index in [9.17, 15) is 19.5 Å². The van der Waals surface area contributed by atoms with Gasteiger partial charge < -0.3 is 32.9 Å². The third-order valence-corrected chi connectivity index (χ3v) is 3.93. The zero-order valence-corrected chi connectivity index (χ0v) is 15.3. The van der Waals surface area contributed by atoms with Crippen LogP contribution >= 0.6 is 11.8 Å². The zero-order valence-electron chi connectivity index (χ0n) is 14.5. The number of rotatable bonds is 12. The molecule has 10 nitrogen and oxygen atoms in total. The van der Waals surface area contributed by atoms with Gasteiger partial charge in [0.15, 0.2) is 5.96 Å². The summed E-state index contributed by atoms with van der Waals surface area (Å²) in [5.74, 6) is -1.57. The number of nitrogens with zero attached hydrogens (tertiary/aromatic N) is 1. The highest BCUT2D eigenvalue weighted by Gasteiger charge is 2.24. The molecule has 0 saturated heterocycles. The summed E-state index contributed by atoms with van der Waals surface area (Å²) >= 11 is 1.57. The van der Waals surface area contributed by atoms with Crippen LogP contribution < -0.4 is 27.8 Å². The van der Waals surface area contributed by atoms with Gasteiger partial charge >= 0.3 is 5.97 Å². The average Bonchev–Trinajstić information content (AvgIpc) is 2.54. The fraction of sp³-hybridized carbons (Fsp3) is 0.714. The number of aliphatic carboxylic acids is 1. The highest BCUT2D eigenvalue weighted by molar-refractivity contribution is 7.98. The maximum atomic E-state index is 12.1. The maximum absolute atomic E-state index is 12.1. The Bertz CT molecular complexity index is 484. The molecule has 0 spiro atoms. The van der Waals surface area contributed by atoms with Crippen LogP contribution in [0, 0.1) is 0 Å². The molecule has 25 heavy (non-hydrogen) atoms. The van der Waals surface area contributed by atoms with E-state index in [1.165, 1.54) is 6.92 Å². The number of nitrogens with one attached hydrogen (secondary N) is 2. The van der Waals surface area contributed by atoms with E-state index in [1.807, 2.05) is 6.26 Å². The zero-order chi connectivity index (χ0) is 19.4. The molecule has 0 aliphatic carbocycles. The van der Waals surface area contributed by atoms with Gasteiger partial charge in [0.05, 0.1) is 6.04 Å². The first kappa shape index (κ1) is 23.0. The molecule has 11 heteroatoms. The first-order valence-electron chi connectivity index (χ1n) is 7.82. The lowest BCUT2D eigenvalue weighted by molar-refractivity contribution is -0.142. The lowest BCUT2D eigenvalue weighted by Gasteiger charge is -2.20. The fourth-order valence-corrected chi connectivity index (χ4v) is 2.31. The molecule has 0 bridgehead atoms. The van der Waals surface area contributed by atoms with Gasteiger partial charge in [-0.1, -0.05) is 0 Å². The van der Waals surface area contributed by atoms with Gasteiger partial charge in [-0.2, -0.15) is 11.8 Å². The lowest BCUT2D eigenvalue weighted by atomic mass is 10.1. The van der Waals surface area contributed by atoms with Crippen molar-refractivity contribution in [3.05, 3.63) is 0 Å². The molecule has 0 aliphatic heterocycles. The van der Waals surface area contributed by atoms with Crippen LogP contribution in [-0.2, 0) is 14.4 Å². The Morgan fingerprint density at radius 1 is 1.16 bits per heavy atom. The molecule has 0 fully saturated rings. The first-order chi connectivity index (χ1) is 11.7. The highest BCUT2D eigenvalue weighted by Crippen LogP contribution is 2.01. The minimum absolute atomic E-state index is 0.0787. The molecule has 9 N–H and O–H groups in total. The Hall–Kier alpha value is -2.01. The summed E-state index contributed by atoms with van der Waals surface area (Å²) in [5.41, 5.74) is 16.1. The van der Waals surface area contributed by atoms with Gasteiger partial charge in [-0.05, 0) is 38.2 Å². The van der Waals surface area contributed by atoms with E-state index in [0.29, 0.717) is 12.8 Å². The van der Waals surface area contributed by atoms with Crippen molar-refractivity contribution in [3.63, 3.8) is 0 Å². The van der Waals surface area contributed by atoms with E-state index < -0.39 is 35.9 Å². The predicted molar refractivity (Wildman–Crippen MR) is 98.1 cm³/mol. The second-order valence-corrected chi connectivity index (χ2v) is 6.45. The van der Waals surface area contributed by atoms with Gasteiger partial charge in [0.1, 0.15) is 12.1 Å². The summed E-state index contributed by atoms with van der Waals surface area (Å²) in [6, 6.07) is -2.70. The summed E-state index contributed by atoms with van der Waals surface area (Å²) in [7, 11) is 0. The van der Waals surface area contributed by atoms with Crippen molar-refractivity contribution in [2.45, 2.75) is 44.3 Å². The molecule has 0 saturated carbocycles. The van der Waals surface area contributed by atoms with Crippen molar-refractivity contribution in [2.24, 2.45) is 22.2 Å². The van der Waals surface area contributed by atoms with Crippen molar-refractivity contribution in [3.8, 4) is 0 Å². The summed E-state index contributed by atoms with van der Waals surface area (Å²) in [6.07, 6.45) is 2.94. The topological polar surface area (TPSA) is 186 Å². The second-order valence-electron chi connectivity index (χ2n) is 5.47. The molecular formula is C14H28N6O4S. The molecule has 0 aromatic carbocycles. The number of hydrogen-bond acceptors (Lipinski definition) is 6. The third-order valence-electron chi connectivity index (χ3n) is 3.28. The largest absolute Gasteiger partial charge is 0.480 e. The molecule has 0 rings (SSSR count). The van der Waals surface area contributed by atoms with Crippen molar-refractivity contribution in [1.82, 2.24) is 10.6 Å². The number of carboxylic acid groups (broad SMARTS) is 1. The summed E-state index contributed by atoms with van der Waals surface area (Å²) in [6.45, 7) is 1.73. The number of carbonyl (C=O) groups is 3. The Morgan fingerprint density at radius 3 is 2.32 bits per heavy atom. The number of nitrogens with two attached hydrogens (primary N) is 3. The molecule has 0 heterocycles. The molecule has 144 valence electrons. The van der Waals surface area contributed by atoms with Gasteiger partial charge in [-0.25, -0.2) is 4.79 Å². The van der Waals surface area contributed by atoms with Crippen LogP contribution in [0.3, 0.4) is 0 Å². The van der Waals surface area contributed by atoms with Crippen LogP contribution in [0.2, 0.25) is 0 Å². The normalized spacial score (nSPS) is 14.0. The maximum Gasteiger partial charge on any atom is 0.326 e. The van der Waals surface area contributed by atoms with Gasteiger partial charge in [-0.3, -0.25) is 14.6 Å². The van der Waals surface area contributed by atoms with Gasteiger partial charge in [0.25, 0.3) is 0 Å². The molecular weight excluding hydrogens is 348 g/mol. The van der Waals surface area contributed by atoms with E-state index >= 15 is 0 Å². The van der Waals surface area contributed by atoms with Crippen molar-refractivity contribution in [1.29, 1.82) is 0 Å². The van der Waals surface area contributed by atoms with Crippen molar-refractivity contribution >= 4 is 35.5 Å². The number of carboxylic acids is 1. The molecule has 2 amide bonds. The Kier molecular flexibility index (Phi) is 11.4. The van der Waals surface area contributed by atoms with E-state index in [1.54, 1.807) is 11.8 Å². The molecule has 0 aromatic heterocycles. The molecule has 0 radical (unpaired) electrons. The number of thioether (sulfide) groups is 1. The van der Waals surface area contributed by atoms with Crippen molar-refractivity contribution < 1.29 is 19.5 Å². The van der Waals surface area contributed by atoms with E-state index in [0.717, 1.165) is 5.75 Å². The Balaban J connectivity index is 4.45. The number of hydrogen-bond donors (Lipinski definition) is 6. The molecule has 3 atom stereocenters. The van der Waals surface area contributed by atoms with E-state index in [2.05, 4.69) is 15.6 Å². The Labute approximate surface area is 151 Å². The summed E-state index contributed by atoms with van der Waals surface area (Å²) < 4.78 is 0. The second kappa shape index (κ2) is 12.4. The van der Waals surface area contributed by atoms with Crippen LogP contribution in [0.5, 0.6) is 0 Å². The lowest BCUT2D eigenvalue weighted by Crippen LogP contribution is -2.53. The van der Waals surface area contributed by atoms with Gasteiger partial charge in [0, 0.05) is 6.54 Å². The molecule has 0 aromatic rings. The number of aliphatic imine (C=N–C) groups is 1. The minimum atomic E-state index is -1.17. The van der Waals surface area contributed by atoms with Gasteiger partial charge in [0.2, 0.25) is 11.8 Å². The fourth-order valence-electron chi connectivity index (χ4n) is 1.82. The van der Waals surface area contributed by atoms with E-state index in [4.69, 9.17) is 17.2 Å². The number of amides is 2. The van der Waals surface area contributed by atoms with Crippen LogP contribution in [0.25, 0.3) is 0 Å². The van der Waals surface area contributed by atoms with E-state index in [-0.39, 0.29) is 18.9 Å². The monoisotopic (exact) mass is 376 g/mol. The third kappa shape index (κ3) is 10.5. The van der Waals surface area contributed by atoms with Crippen LogP contribution in [-0.4, -0.2) is 65.5 Å². The van der Waals surface area contributed by atoms with Crippen LogP contribution in [0.4, 0.5) is 0 Å². The standard InChI is InChI=1S/C14H28N6O4S/c1-8(19-12(22)9(15)5-7-25-2)11(21)20-10(13(23)24)4-3-6-18-14(16)17/h8-10H,3-7,15H2,1-2H3,(H,19,22)(H,20,21)(H,23,24)(H4,16,17,18). The number of guanidine groups is 1. The van der Waals surface area contributed by atoms with Crippen molar-refractivity contribution in [2.75, 3.05) is 18.6 Å². The Morgan fingerprint density at radius 2 is 1.80 bits per heavy atom. The van der Waals surface area contributed by atoms with Crippen LogP contribution in [0.15, 0.2) is 4.99 Å². The molecule has 3 unspecified atom stereocenters. The molecule has 0 aliphatic rings. The quantitative estimate of drug-likeness (QED) is 0.131. The SMILES string of the molecule is CSCCC(N)C(=O)NC(C)C(=O)NC(CCCN=C(N)N)C(=O)O. The predicted octanol–water partition coefficient (Wildman–Crippen LogP) is -1.81. The average molecular weight is 376 g/mol.